The first-order valence-corrected chi connectivity index (χ1v) is 5.58. The Morgan fingerprint density at radius 1 is 1.29 bits per heavy atom. The van der Waals surface area contributed by atoms with Crippen LogP contribution in [0.4, 0.5) is 5.69 Å². The predicted octanol–water partition coefficient (Wildman–Crippen LogP) is 1.77. The number of nitrogens with two attached hydrogens (primary N) is 1. The number of aryl methyl sites for hydroxylation is 1. The van der Waals surface area contributed by atoms with Crippen molar-refractivity contribution in [2.75, 3.05) is 5.73 Å². The van der Waals surface area contributed by atoms with Crippen molar-refractivity contribution in [2.24, 2.45) is 0 Å². The third-order valence-corrected chi connectivity index (χ3v) is 2.60. The van der Waals surface area contributed by atoms with Gasteiger partial charge in [-0.2, -0.15) is 0 Å². The van der Waals surface area contributed by atoms with Gasteiger partial charge in [0, 0.05) is 6.54 Å². The first-order chi connectivity index (χ1) is 8.22. The second-order valence-corrected chi connectivity index (χ2v) is 3.73. The molecule has 0 unspecified atom stereocenters. The van der Waals surface area contributed by atoms with Gasteiger partial charge in [-0.1, -0.05) is 12.1 Å². The lowest BCUT2D eigenvalue weighted by molar-refractivity contribution is 0.290. The molecule has 1 heterocycles. The number of hydrogen-bond acceptors (Lipinski definition) is 4. The zero-order valence-electron chi connectivity index (χ0n) is 10.1. The quantitative estimate of drug-likeness (QED) is 0.816. The second kappa shape index (κ2) is 4.86. The van der Waals surface area contributed by atoms with E-state index in [1.807, 2.05) is 35.8 Å². The van der Waals surface area contributed by atoms with Gasteiger partial charge in [0.15, 0.2) is 5.82 Å². The van der Waals surface area contributed by atoms with E-state index >= 15 is 0 Å². The van der Waals surface area contributed by atoms with E-state index in [1.165, 1.54) is 0 Å². The average molecular weight is 232 g/mol. The third-order valence-electron chi connectivity index (χ3n) is 2.60. The molecule has 17 heavy (non-hydrogen) atoms. The summed E-state index contributed by atoms with van der Waals surface area (Å²) in [6.45, 7) is 5.19. The second-order valence-electron chi connectivity index (χ2n) is 3.73. The van der Waals surface area contributed by atoms with Crippen LogP contribution in [0.3, 0.4) is 0 Å². The third kappa shape index (κ3) is 2.38. The standard InChI is InChI=1S/C12H16N4O/c1-3-16-9(2)14-15-12(16)8-17-11-7-5-4-6-10(11)13/h4-7H,3,8,13H2,1-2H3. The fraction of sp³-hybridized carbons (Fsp3) is 0.333. The summed E-state index contributed by atoms with van der Waals surface area (Å²) in [5.41, 5.74) is 6.42. The van der Waals surface area contributed by atoms with Crippen LogP contribution in [0.2, 0.25) is 0 Å². The lowest BCUT2D eigenvalue weighted by Crippen LogP contribution is -2.07. The zero-order chi connectivity index (χ0) is 12.3. The first kappa shape index (κ1) is 11.4. The molecule has 0 aliphatic carbocycles. The maximum atomic E-state index is 5.79. The summed E-state index contributed by atoms with van der Waals surface area (Å²) < 4.78 is 7.64. The van der Waals surface area contributed by atoms with Crippen molar-refractivity contribution < 1.29 is 4.74 Å². The fourth-order valence-electron chi connectivity index (χ4n) is 1.70. The zero-order valence-corrected chi connectivity index (χ0v) is 10.1. The van der Waals surface area contributed by atoms with E-state index in [2.05, 4.69) is 17.1 Å². The molecular weight excluding hydrogens is 216 g/mol. The molecule has 0 aliphatic rings. The minimum Gasteiger partial charge on any atom is -0.483 e. The Hall–Kier alpha value is -2.04. The number of benzene rings is 1. The van der Waals surface area contributed by atoms with E-state index in [0.29, 0.717) is 18.0 Å². The van der Waals surface area contributed by atoms with Gasteiger partial charge < -0.3 is 15.0 Å². The lowest BCUT2D eigenvalue weighted by atomic mass is 10.3. The Kier molecular flexibility index (Phi) is 3.27. The van der Waals surface area contributed by atoms with Gasteiger partial charge in [-0.15, -0.1) is 10.2 Å². The molecule has 0 atom stereocenters. The molecule has 0 aliphatic heterocycles. The summed E-state index contributed by atoms with van der Waals surface area (Å²) in [7, 11) is 0. The predicted molar refractivity (Wildman–Crippen MR) is 65.6 cm³/mol. The molecule has 0 radical (unpaired) electrons. The Morgan fingerprint density at radius 2 is 2.06 bits per heavy atom. The van der Waals surface area contributed by atoms with Gasteiger partial charge in [-0.25, -0.2) is 0 Å². The van der Waals surface area contributed by atoms with Crippen LogP contribution in [-0.4, -0.2) is 14.8 Å². The van der Waals surface area contributed by atoms with Crippen LogP contribution in [0.1, 0.15) is 18.6 Å². The van der Waals surface area contributed by atoms with E-state index in [0.717, 1.165) is 18.2 Å². The van der Waals surface area contributed by atoms with E-state index < -0.39 is 0 Å². The number of hydrogen-bond donors (Lipinski definition) is 1. The van der Waals surface area contributed by atoms with Gasteiger partial charge in [-0.05, 0) is 26.0 Å². The minimum atomic E-state index is 0.378. The molecule has 0 saturated heterocycles. The minimum absolute atomic E-state index is 0.378. The Labute approximate surface area is 100 Å². The summed E-state index contributed by atoms with van der Waals surface area (Å²) in [6.07, 6.45) is 0. The summed E-state index contributed by atoms with van der Waals surface area (Å²) in [6, 6.07) is 7.42. The van der Waals surface area contributed by atoms with Crippen molar-refractivity contribution in [1.29, 1.82) is 0 Å². The number of rotatable bonds is 4. The van der Waals surface area contributed by atoms with Gasteiger partial charge in [0.1, 0.15) is 18.2 Å². The van der Waals surface area contributed by atoms with Crippen LogP contribution in [0.25, 0.3) is 0 Å². The Balaban J connectivity index is 2.10. The number of aromatic nitrogens is 3. The molecule has 1 aromatic carbocycles. The van der Waals surface area contributed by atoms with Crippen molar-refractivity contribution in [3.8, 4) is 5.75 Å². The molecule has 2 N–H and O–H groups in total. The van der Waals surface area contributed by atoms with Gasteiger partial charge in [0.05, 0.1) is 5.69 Å². The summed E-state index contributed by atoms with van der Waals surface area (Å²) in [5.74, 6) is 2.39. The molecule has 0 bridgehead atoms. The molecule has 5 heteroatoms. The number of anilines is 1. The number of para-hydroxylation sites is 2. The van der Waals surface area contributed by atoms with Crippen molar-refractivity contribution in [2.45, 2.75) is 27.0 Å². The molecule has 0 amide bonds. The Morgan fingerprint density at radius 3 is 2.76 bits per heavy atom. The molecule has 2 rings (SSSR count). The molecule has 0 saturated carbocycles. The lowest BCUT2D eigenvalue weighted by Gasteiger charge is -2.09. The highest BCUT2D eigenvalue weighted by Gasteiger charge is 2.08. The highest BCUT2D eigenvalue weighted by Crippen LogP contribution is 2.20. The van der Waals surface area contributed by atoms with Crippen LogP contribution in [0.5, 0.6) is 5.75 Å². The van der Waals surface area contributed by atoms with Crippen LogP contribution in [-0.2, 0) is 13.2 Å². The molecule has 90 valence electrons. The van der Waals surface area contributed by atoms with E-state index in [4.69, 9.17) is 10.5 Å². The monoisotopic (exact) mass is 232 g/mol. The summed E-state index contributed by atoms with van der Waals surface area (Å²) >= 11 is 0. The first-order valence-electron chi connectivity index (χ1n) is 5.58. The van der Waals surface area contributed by atoms with Crippen molar-refractivity contribution in [1.82, 2.24) is 14.8 Å². The average Bonchev–Trinajstić information content (AvgIpc) is 2.69. The number of nitrogen functional groups attached to an aromatic ring is 1. The topological polar surface area (TPSA) is 66.0 Å². The van der Waals surface area contributed by atoms with Crippen LogP contribution in [0.15, 0.2) is 24.3 Å². The van der Waals surface area contributed by atoms with Gasteiger partial charge in [0.25, 0.3) is 0 Å². The van der Waals surface area contributed by atoms with Gasteiger partial charge in [0.2, 0.25) is 0 Å². The van der Waals surface area contributed by atoms with Crippen molar-refractivity contribution >= 4 is 5.69 Å². The van der Waals surface area contributed by atoms with Gasteiger partial charge >= 0.3 is 0 Å². The van der Waals surface area contributed by atoms with Crippen molar-refractivity contribution in [3.63, 3.8) is 0 Å². The number of ether oxygens (including phenoxy) is 1. The molecular formula is C12H16N4O. The Bertz CT molecular complexity index is 507. The molecule has 5 nitrogen and oxygen atoms in total. The van der Waals surface area contributed by atoms with Crippen molar-refractivity contribution in [3.05, 3.63) is 35.9 Å². The fourth-order valence-corrected chi connectivity index (χ4v) is 1.70. The van der Waals surface area contributed by atoms with Crippen LogP contribution in [0, 0.1) is 6.92 Å². The van der Waals surface area contributed by atoms with E-state index in [9.17, 15) is 0 Å². The normalized spacial score (nSPS) is 10.5. The van der Waals surface area contributed by atoms with E-state index in [-0.39, 0.29) is 0 Å². The maximum Gasteiger partial charge on any atom is 0.171 e. The highest BCUT2D eigenvalue weighted by molar-refractivity contribution is 5.51. The maximum absolute atomic E-state index is 5.79. The smallest absolute Gasteiger partial charge is 0.171 e. The molecule has 0 spiro atoms. The van der Waals surface area contributed by atoms with Crippen LogP contribution >= 0.6 is 0 Å². The number of nitrogens with zero attached hydrogens (tertiary/aromatic N) is 3. The molecule has 0 fully saturated rings. The summed E-state index contributed by atoms with van der Waals surface area (Å²) in [4.78, 5) is 0. The SMILES string of the molecule is CCn1c(C)nnc1COc1ccccc1N. The van der Waals surface area contributed by atoms with Gasteiger partial charge in [-0.3, -0.25) is 0 Å². The van der Waals surface area contributed by atoms with Crippen LogP contribution < -0.4 is 10.5 Å². The highest BCUT2D eigenvalue weighted by atomic mass is 16.5. The largest absolute Gasteiger partial charge is 0.483 e. The summed E-state index contributed by atoms with van der Waals surface area (Å²) in [5, 5.41) is 8.10. The van der Waals surface area contributed by atoms with E-state index in [1.54, 1.807) is 0 Å². The molecule has 1 aromatic heterocycles. The molecule has 2 aromatic rings.